The molecule has 1 heterocycles. The van der Waals surface area contributed by atoms with Crippen molar-refractivity contribution in [2.75, 3.05) is 19.7 Å². The molecule has 1 aliphatic rings. The van der Waals surface area contributed by atoms with E-state index in [-0.39, 0.29) is 23.7 Å². The van der Waals surface area contributed by atoms with Gasteiger partial charge in [0, 0.05) is 25.9 Å². The van der Waals surface area contributed by atoms with Gasteiger partial charge < -0.3 is 15.0 Å². The van der Waals surface area contributed by atoms with Crippen LogP contribution in [0.25, 0.3) is 0 Å². The molecule has 1 saturated heterocycles. The molecule has 1 aromatic carbocycles. The molecule has 142 valence electrons. The van der Waals surface area contributed by atoms with Crippen molar-refractivity contribution in [3.05, 3.63) is 35.9 Å². The standard InChI is InChI=1S/C20H28N2O4/c1-3-18(23)21-17(13-15-9-6-5-7-10-15)19(24)22-12-8-11-16(14-22)20(25)26-4-2/h5-7,9-10,16-17H,3-4,8,11-14H2,1-2H3,(H,21,23). The van der Waals surface area contributed by atoms with Crippen LogP contribution in [-0.2, 0) is 25.5 Å². The molecule has 0 saturated carbocycles. The summed E-state index contributed by atoms with van der Waals surface area (Å²) in [5.74, 6) is -0.822. The fraction of sp³-hybridized carbons (Fsp3) is 0.550. The van der Waals surface area contributed by atoms with Crippen LogP contribution in [-0.4, -0.2) is 48.4 Å². The van der Waals surface area contributed by atoms with Crippen molar-refractivity contribution in [3.8, 4) is 0 Å². The van der Waals surface area contributed by atoms with E-state index in [1.807, 2.05) is 30.3 Å². The lowest BCUT2D eigenvalue weighted by atomic mass is 9.96. The van der Waals surface area contributed by atoms with Gasteiger partial charge >= 0.3 is 5.97 Å². The van der Waals surface area contributed by atoms with Crippen LogP contribution in [0.5, 0.6) is 0 Å². The van der Waals surface area contributed by atoms with Crippen LogP contribution in [0.4, 0.5) is 0 Å². The van der Waals surface area contributed by atoms with Crippen molar-refractivity contribution in [1.29, 1.82) is 0 Å². The lowest BCUT2D eigenvalue weighted by Crippen LogP contribution is -2.53. The van der Waals surface area contributed by atoms with Gasteiger partial charge in [0.2, 0.25) is 11.8 Å². The minimum absolute atomic E-state index is 0.135. The molecule has 0 aromatic heterocycles. The van der Waals surface area contributed by atoms with Gasteiger partial charge in [-0.05, 0) is 25.3 Å². The molecule has 1 aromatic rings. The fourth-order valence-corrected chi connectivity index (χ4v) is 3.20. The second kappa shape index (κ2) is 9.94. The molecule has 2 amide bonds. The summed E-state index contributed by atoms with van der Waals surface area (Å²) in [5.41, 5.74) is 0.987. The van der Waals surface area contributed by atoms with Crippen LogP contribution in [0, 0.1) is 5.92 Å². The molecule has 2 unspecified atom stereocenters. The van der Waals surface area contributed by atoms with Gasteiger partial charge in [0.25, 0.3) is 0 Å². The van der Waals surface area contributed by atoms with Crippen molar-refractivity contribution in [3.63, 3.8) is 0 Å². The predicted molar refractivity (Wildman–Crippen MR) is 98.3 cm³/mol. The first kappa shape index (κ1) is 19.9. The molecule has 0 spiro atoms. The Labute approximate surface area is 154 Å². The van der Waals surface area contributed by atoms with Crippen LogP contribution in [0.3, 0.4) is 0 Å². The Morgan fingerprint density at radius 2 is 1.96 bits per heavy atom. The number of benzene rings is 1. The maximum absolute atomic E-state index is 13.0. The number of nitrogens with zero attached hydrogens (tertiary/aromatic N) is 1. The largest absolute Gasteiger partial charge is 0.466 e. The van der Waals surface area contributed by atoms with E-state index in [0.29, 0.717) is 32.5 Å². The average molecular weight is 360 g/mol. The number of rotatable bonds is 7. The monoisotopic (exact) mass is 360 g/mol. The number of hydrogen-bond donors (Lipinski definition) is 1. The molecule has 6 heteroatoms. The molecule has 1 fully saturated rings. The quantitative estimate of drug-likeness (QED) is 0.754. The van der Waals surface area contributed by atoms with Gasteiger partial charge in [-0.2, -0.15) is 0 Å². The Morgan fingerprint density at radius 3 is 2.62 bits per heavy atom. The van der Waals surface area contributed by atoms with Gasteiger partial charge in [0.15, 0.2) is 0 Å². The Kier molecular flexibility index (Phi) is 7.63. The molecular weight excluding hydrogens is 332 g/mol. The maximum Gasteiger partial charge on any atom is 0.310 e. The third-order valence-electron chi connectivity index (χ3n) is 4.59. The lowest BCUT2D eigenvalue weighted by Gasteiger charge is -2.34. The minimum Gasteiger partial charge on any atom is -0.466 e. The number of carbonyl (C=O) groups is 3. The van der Waals surface area contributed by atoms with E-state index in [4.69, 9.17) is 4.74 Å². The molecule has 2 rings (SSSR count). The summed E-state index contributed by atoms with van der Waals surface area (Å²) in [4.78, 5) is 38.7. The summed E-state index contributed by atoms with van der Waals surface area (Å²) < 4.78 is 5.10. The number of hydrogen-bond acceptors (Lipinski definition) is 4. The Hall–Kier alpha value is -2.37. The second-order valence-corrected chi connectivity index (χ2v) is 6.54. The SMILES string of the molecule is CCOC(=O)C1CCCN(C(=O)C(Cc2ccccc2)NC(=O)CC)C1. The molecule has 26 heavy (non-hydrogen) atoms. The van der Waals surface area contributed by atoms with Crippen LogP contribution >= 0.6 is 0 Å². The number of nitrogens with one attached hydrogen (secondary N) is 1. The third kappa shape index (κ3) is 5.58. The second-order valence-electron chi connectivity index (χ2n) is 6.54. The predicted octanol–water partition coefficient (Wildman–Crippen LogP) is 1.93. The van der Waals surface area contributed by atoms with Gasteiger partial charge in [-0.1, -0.05) is 37.3 Å². The summed E-state index contributed by atoms with van der Waals surface area (Å²) in [6.45, 7) is 4.83. The van der Waals surface area contributed by atoms with Crippen molar-refractivity contribution in [1.82, 2.24) is 10.2 Å². The molecule has 6 nitrogen and oxygen atoms in total. The summed E-state index contributed by atoms with van der Waals surface area (Å²) in [5, 5.41) is 2.84. The smallest absolute Gasteiger partial charge is 0.310 e. The van der Waals surface area contributed by atoms with E-state index in [1.165, 1.54) is 0 Å². The van der Waals surface area contributed by atoms with E-state index < -0.39 is 6.04 Å². The number of amides is 2. The zero-order chi connectivity index (χ0) is 18.9. The van der Waals surface area contributed by atoms with E-state index in [1.54, 1.807) is 18.7 Å². The normalized spacial score (nSPS) is 18.1. The lowest BCUT2D eigenvalue weighted by molar-refractivity contribution is -0.152. The third-order valence-corrected chi connectivity index (χ3v) is 4.59. The van der Waals surface area contributed by atoms with Crippen LogP contribution in [0.2, 0.25) is 0 Å². The molecule has 0 aliphatic carbocycles. The number of likely N-dealkylation sites (tertiary alicyclic amines) is 1. The average Bonchev–Trinajstić information content (AvgIpc) is 2.68. The first-order chi connectivity index (χ1) is 12.5. The zero-order valence-corrected chi connectivity index (χ0v) is 15.6. The number of carbonyl (C=O) groups excluding carboxylic acids is 3. The summed E-state index contributed by atoms with van der Waals surface area (Å²) in [6.07, 6.45) is 2.25. The number of ether oxygens (including phenoxy) is 1. The molecule has 0 radical (unpaired) electrons. The van der Waals surface area contributed by atoms with E-state index in [0.717, 1.165) is 18.4 Å². The van der Waals surface area contributed by atoms with Crippen LogP contribution < -0.4 is 5.32 Å². The number of esters is 1. The van der Waals surface area contributed by atoms with Gasteiger partial charge in [-0.3, -0.25) is 14.4 Å². The highest BCUT2D eigenvalue weighted by molar-refractivity contribution is 5.88. The van der Waals surface area contributed by atoms with E-state index in [2.05, 4.69) is 5.32 Å². The molecular formula is C20H28N2O4. The van der Waals surface area contributed by atoms with Crippen molar-refractivity contribution < 1.29 is 19.1 Å². The molecule has 2 atom stereocenters. The Morgan fingerprint density at radius 1 is 1.23 bits per heavy atom. The minimum atomic E-state index is -0.620. The fourth-order valence-electron chi connectivity index (χ4n) is 3.20. The van der Waals surface area contributed by atoms with E-state index >= 15 is 0 Å². The van der Waals surface area contributed by atoms with Gasteiger partial charge in [0.1, 0.15) is 6.04 Å². The first-order valence-electron chi connectivity index (χ1n) is 9.33. The van der Waals surface area contributed by atoms with Gasteiger partial charge in [-0.25, -0.2) is 0 Å². The Bertz CT molecular complexity index is 617. The Balaban J connectivity index is 2.08. The van der Waals surface area contributed by atoms with Crippen LogP contribution in [0.1, 0.15) is 38.7 Å². The maximum atomic E-state index is 13.0. The molecule has 1 N–H and O–H groups in total. The van der Waals surface area contributed by atoms with Crippen LogP contribution in [0.15, 0.2) is 30.3 Å². The van der Waals surface area contributed by atoms with Crippen molar-refractivity contribution >= 4 is 17.8 Å². The van der Waals surface area contributed by atoms with Gasteiger partial charge in [-0.15, -0.1) is 0 Å². The topological polar surface area (TPSA) is 75.7 Å². The van der Waals surface area contributed by atoms with Crippen molar-refractivity contribution in [2.24, 2.45) is 5.92 Å². The number of piperidine rings is 1. The molecule has 1 aliphatic heterocycles. The highest BCUT2D eigenvalue weighted by atomic mass is 16.5. The summed E-state index contributed by atoms with van der Waals surface area (Å²) >= 11 is 0. The zero-order valence-electron chi connectivity index (χ0n) is 15.6. The highest BCUT2D eigenvalue weighted by Crippen LogP contribution is 2.19. The summed E-state index contributed by atoms with van der Waals surface area (Å²) in [7, 11) is 0. The summed E-state index contributed by atoms with van der Waals surface area (Å²) in [6, 6.07) is 9.00. The van der Waals surface area contributed by atoms with E-state index in [9.17, 15) is 14.4 Å². The molecule has 0 bridgehead atoms. The van der Waals surface area contributed by atoms with Gasteiger partial charge in [0.05, 0.1) is 12.5 Å². The van der Waals surface area contributed by atoms with Crippen molar-refractivity contribution in [2.45, 2.75) is 45.6 Å². The highest BCUT2D eigenvalue weighted by Gasteiger charge is 2.33. The first-order valence-corrected chi connectivity index (χ1v) is 9.33.